The summed E-state index contributed by atoms with van der Waals surface area (Å²) in [5, 5.41) is 1.87. The molecule has 1 N–H and O–H groups in total. The summed E-state index contributed by atoms with van der Waals surface area (Å²) in [6.07, 6.45) is 0. The highest BCUT2D eigenvalue weighted by Crippen LogP contribution is 2.17. The van der Waals surface area contributed by atoms with E-state index < -0.39 is 0 Å². The molecule has 1 amide bonds. The minimum absolute atomic E-state index is 0.0372. The summed E-state index contributed by atoms with van der Waals surface area (Å²) in [6.45, 7) is 1.35. The molecule has 5 nitrogen and oxygen atoms in total. The summed E-state index contributed by atoms with van der Waals surface area (Å²) in [4.78, 5) is 26.7. The SMILES string of the molecule is CC(=O)C1=NCC(=O)N(c2ccc(Cl)cc2)N1. The quantitative estimate of drug-likeness (QED) is 0.859. The molecular formula is C11H10ClN3O2. The number of aliphatic imine (C=N–C) groups is 1. The van der Waals surface area contributed by atoms with E-state index in [1.54, 1.807) is 24.3 Å². The van der Waals surface area contributed by atoms with Crippen LogP contribution < -0.4 is 10.4 Å². The molecule has 1 heterocycles. The lowest BCUT2D eigenvalue weighted by atomic mass is 10.3. The van der Waals surface area contributed by atoms with Crippen molar-refractivity contribution in [2.24, 2.45) is 4.99 Å². The topological polar surface area (TPSA) is 61.8 Å². The van der Waals surface area contributed by atoms with Crippen LogP contribution >= 0.6 is 11.6 Å². The molecule has 2 rings (SSSR count). The molecule has 0 atom stereocenters. The predicted molar refractivity (Wildman–Crippen MR) is 65.1 cm³/mol. The molecule has 0 bridgehead atoms. The van der Waals surface area contributed by atoms with Gasteiger partial charge in [-0.25, -0.2) is 5.01 Å². The lowest BCUT2D eigenvalue weighted by Gasteiger charge is -2.27. The van der Waals surface area contributed by atoms with E-state index in [0.717, 1.165) is 0 Å². The van der Waals surface area contributed by atoms with E-state index in [-0.39, 0.29) is 24.1 Å². The van der Waals surface area contributed by atoms with Crippen molar-refractivity contribution in [2.75, 3.05) is 11.6 Å². The minimum atomic E-state index is -0.225. The molecule has 0 unspecified atom stereocenters. The van der Waals surface area contributed by atoms with Crippen LogP contribution in [0.1, 0.15) is 6.92 Å². The van der Waals surface area contributed by atoms with Gasteiger partial charge in [0.25, 0.3) is 5.91 Å². The van der Waals surface area contributed by atoms with Crippen LogP contribution in [0.4, 0.5) is 5.69 Å². The molecule has 0 spiro atoms. The Kier molecular flexibility index (Phi) is 3.10. The molecular weight excluding hydrogens is 242 g/mol. The molecule has 0 saturated carbocycles. The standard InChI is InChI=1S/C11H10ClN3O2/c1-7(16)11-13-6-10(17)15(14-11)9-4-2-8(12)3-5-9/h2-5H,6H2,1H3,(H,13,14). The number of carbonyl (C=O) groups is 2. The van der Waals surface area contributed by atoms with Crippen LogP contribution in [-0.4, -0.2) is 24.1 Å². The zero-order chi connectivity index (χ0) is 12.4. The Morgan fingerprint density at radius 1 is 1.41 bits per heavy atom. The van der Waals surface area contributed by atoms with Crippen molar-refractivity contribution in [3.8, 4) is 0 Å². The number of hydrogen-bond donors (Lipinski definition) is 1. The van der Waals surface area contributed by atoms with Crippen LogP contribution in [0.3, 0.4) is 0 Å². The third kappa shape index (κ3) is 2.45. The summed E-state index contributed by atoms with van der Waals surface area (Å²) in [5.74, 6) is -0.256. The maximum absolute atomic E-state index is 11.7. The molecule has 1 aromatic rings. The van der Waals surface area contributed by atoms with E-state index >= 15 is 0 Å². The van der Waals surface area contributed by atoms with Crippen molar-refractivity contribution >= 4 is 34.8 Å². The number of rotatable bonds is 2. The fraction of sp³-hybridized carbons (Fsp3) is 0.182. The van der Waals surface area contributed by atoms with Crippen molar-refractivity contribution in [2.45, 2.75) is 6.92 Å². The second-order valence-electron chi connectivity index (χ2n) is 3.54. The third-order valence-corrected chi connectivity index (χ3v) is 2.51. The molecule has 0 aromatic heterocycles. The summed E-state index contributed by atoms with van der Waals surface area (Å²) in [6, 6.07) is 6.72. The monoisotopic (exact) mass is 251 g/mol. The van der Waals surface area contributed by atoms with Crippen LogP contribution in [0.5, 0.6) is 0 Å². The molecule has 0 radical (unpaired) electrons. The Labute approximate surface area is 103 Å². The number of amidine groups is 1. The molecule has 17 heavy (non-hydrogen) atoms. The number of carbonyl (C=O) groups excluding carboxylic acids is 2. The van der Waals surface area contributed by atoms with Crippen LogP contribution in [0.25, 0.3) is 0 Å². The number of ketones is 1. The smallest absolute Gasteiger partial charge is 0.267 e. The molecule has 1 aliphatic heterocycles. The number of halogens is 1. The van der Waals surface area contributed by atoms with E-state index in [4.69, 9.17) is 11.6 Å². The van der Waals surface area contributed by atoms with Gasteiger partial charge < -0.3 is 0 Å². The number of nitrogens with one attached hydrogen (secondary N) is 1. The zero-order valence-electron chi connectivity index (χ0n) is 9.11. The minimum Gasteiger partial charge on any atom is -0.291 e. The van der Waals surface area contributed by atoms with Crippen LogP contribution in [0.2, 0.25) is 5.02 Å². The third-order valence-electron chi connectivity index (χ3n) is 2.26. The van der Waals surface area contributed by atoms with Crippen molar-refractivity contribution in [1.29, 1.82) is 0 Å². The lowest BCUT2D eigenvalue weighted by Crippen LogP contribution is -2.53. The maximum atomic E-state index is 11.7. The summed E-state index contributed by atoms with van der Waals surface area (Å²) in [7, 11) is 0. The lowest BCUT2D eigenvalue weighted by molar-refractivity contribution is -0.118. The second-order valence-corrected chi connectivity index (χ2v) is 3.97. The number of nitrogens with zero attached hydrogens (tertiary/aromatic N) is 2. The van der Waals surface area contributed by atoms with Crippen LogP contribution in [-0.2, 0) is 9.59 Å². The van der Waals surface area contributed by atoms with Gasteiger partial charge in [-0.1, -0.05) is 11.6 Å². The highest BCUT2D eigenvalue weighted by Gasteiger charge is 2.23. The molecule has 6 heteroatoms. The van der Waals surface area contributed by atoms with Gasteiger partial charge >= 0.3 is 0 Å². The normalized spacial score (nSPS) is 15.3. The Balaban J connectivity index is 2.27. The fourth-order valence-electron chi connectivity index (χ4n) is 1.41. The van der Waals surface area contributed by atoms with Gasteiger partial charge in [0.1, 0.15) is 6.54 Å². The van der Waals surface area contributed by atoms with Crippen LogP contribution in [0.15, 0.2) is 29.3 Å². The highest BCUT2D eigenvalue weighted by molar-refractivity contribution is 6.39. The van der Waals surface area contributed by atoms with Crippen molar-refractivity contribution in [3.63, 3.8) is 0 Å². The number of hydrazine groups is 1. The number of hydrogen-bond acceptors (Lipinski definition) is 4. The van der Waals surface area contributed by atoms with Gasteiger partial charge in [0, 0.05) is 11.9 Å². The first kappa shape index (κ1) is 11.6. The number of Topliss-reactive ketones (excluding diaryl/α,β-unsaturated/α-hetero) is 1. The number of amides is 1. The Hall–Kier alpha value is -1.88. The molecule has 0 saturated heterocycles. The Morgan fingerprint density at radius 2 is 2.06 bits per heavy atom. The average Bonchev–Trinajstić information content (AvgIpc) is 2.31. The molecule has 88 valence electrons. The number of benzene rings is 1. The van der Waals surface area contributed by atoms with Gasteiger partial charge in [-0.05, 0) is 24.3 Å². The summed E-state index contributed by atoms with van der Waals surface area (Å²) < 4.78 is 0. The van der Waals surface area contributed by atoms with E-state index in [1.165, 1.54) is 11.9 Å². The largest absolute Gasteiger partial charge is 0.291 e. The highest BCUT2D eigenvalue weighted by atomic mass is 35.5. The van der Waals surface area contributed by atoms with Gasteiger partial charge in [0.2, 0.25) is 0 Å². The maximum Gasteiger partial charge on any atom is 0.267 e. The van der Waals surface area contributed by atoms with E-state index in [1.807, 2.05) is 0 Å². The van der Waals surface area contributed by atoms with Crippen LogP contribution in [0, 0.1) is 0 Å². The van der Waals surface area contributed by atoms with Gasteiger partial charge in [-0.15, -0.1) is 0 Å². The molecule has 1 aliphatic rings. The molecule has 0 fully saturated rings. The summed E-state index contributed by atoms with van der Waals surface area (Å²) in [5.41, 5.74) is 3.30. The first-order valence-electron chi connectivity index (χ1n) is 4.98. The van der Waals surface area contributed by atoms with Crippen molar-refractivity contribution in [1.82, 2.24) is 5.43 Å². The average molecular weight is 252 g/mol. The van der Waals surface area contributed by atoms with E-state index in [0.29, 0.717) is 10.7 Å². The Bertz CT molecular complexity index is 496. The van der Waals surface area contributed by atoms with Gasteiger partial charge in [0.05, 0.1) is 5.69 Å². The predicted octanol–water partition coefficient (Wildman–Crippen LogP) is 1.18. The molecule has 1 aromatic carbocycles. The van der Waals surface area contributed by atoms with E-state index in [9.17, 15) is 9.59 Å². The molecule has 0 aliphatic carbocycles. The second kappa shape index (κ2) is 4.55. The van der Waals surface area contributed by atoms with Gasteiger partial charge in [-0.2, -0.15) is 0 Å². The first-order valence-corrected chi connectivity index (χ1v) is 5.36. The Morgan fingerprint density at radius 3 is 2.65 bits per heavy atom. The zero-order valence-corrected chi connectivity index (χ0v) is 9.86. The van der Waals surface area contributed by atoms with Crippen molar-refractivity contribution < 1.29 is 9.59 Å². The fourth-order valence-corrected chi connectivity index (χ4v) is 1.54. The van der Waals surface area contributed by atoms with Gasteiger partial charge in [-0.3, -0.25) is 20.0 Å². The first-order chi connectivity index (χ1) is 8.08. The summed E-state index contributed by atoms with van der Waals surface area (Å²) >= 11 is 5.76. The van der Waals surface area contributed by atoms with Gasteiger partial charge in [0.15, 0.2) is 11.6 Å². The van der Waals surface area contributed by atoms with Crippen molar-refractivity contribution in [3.05, 3.63) is 29.3 Å². The number of anilines is 1. The van der Waals surface area contributed by atoms with E-state index in [2.05, 4.69) is 10.4 Å².